The third kappa shape index (κ3) is 5.69. The van der Waals surface area contributed by atoms with Crippen LogP contribution in [0.25, 0.3) is 22.3 Å². The molecule has 3 rings (SSSR count). The Kier molecular flexibility index (Phi) is 7.42. The van der Waals surface area contributed by atoms with E-state index in [1.54, 1.807) is 12.1 Å². The molecule has 3 aromatic rings. The summed E-state index contributed by atoms with van der Waals surface area (Å²) >= 11 is 0. The van der Waals surface area contributed by atoms with Gasteiger partial charge in [-0.25, -0.2) is 4.79 Å². The Morgan fingerprint density at radius 1 is 0.759 bits per heavy atom. The number of esters is 1. The van der Waals surface area contributed by atoms with Gasteiger partial charge in [0.1, 0.15) is 12.4 Å². The molecule has 0 amide bonds. The van der Waals surface area contributed by atoms with Crippen LogP contribution in [0, 0.1) is 0 Å². The molecule has 0 radical (unpaired) electrons. The molecule has 0 saturated heterocycles. The predicted molar refractivity (Wildman–Crippen MR) is 115 cm³/mol. The Hall–Kier alpha value is -3.11. The first kappa shape index (κ1) is 20.6. The zero-order chi connectivity index (χ0) is 20.5. The molecule has 0 aliphatic heterocycles. The maximum absolute atomic E-state index is 11.8. The Labute approximate surface area is 171 Å². The molecule has 0 aliphatic rings. The van der Waals surface area contributed by atoms with Crippen LogP contribution in [0.2, 0.25) is 0 Å². The van der Waals surface area contributed by atoms with Crippen LogP contribution in [0.15, 0.2) is 72.8 Å². The minimum absolute atomic E-state index is 0.00783. The quantitative estimate of drug-likeness (QED) is 0.395. The average Bonchev–Trinajstić information content (AvgIpc) is 2.78. The fraction of sp³-hybridized carbons (Fsp3) is 0.240. The molecule has 0 spiro atoms. The lowest BCUT2D eigenvalue weighted by molar-refractivity contribution is 0.0434. The number of hydrogen-bond donors (Lipinski definition) is 1. The van der Waals surface area contributed by atoms with Gasteiger partial charge in [0.15, 0.2) is 0 Å². The van der Waals surface area contributed by atoms with E-state index in [0.29, 0.717) is 5.56 Å². The molecule has 1 N–H and O–H groups in total. The molecule has 3 aromatic carbocycles. The first-order valence-electron chi connectivity index (χ1n) is 9.93. The highest BCUT2D eigenvalue weighted by molar-refractivity contribution is 5.90. The van der Waals surface area contributed by atoms with Crippen molar-refractivity contribution in [2.24, 2.45) is 0 Å². The Morgan fingerprint density at radius 2 is 1.24 bits per heavy atom. The molecule has 29 heavy (non-hydrogen) atoms. The zero-order valence-corrected chi connectivity index (χ0v) is 16.6. The van der Waals surface area contributed by atoms with Crippen molar-refractivity contribution in [3.8, 4) is 28.0 Å². The monoisotopic (exact) mass is 390 g/mol. The molecule has 0 fully saturated rings. The van der Waals surface area contributed by atoms with Crippen LogP contribution in [0.5, 0.6) is 5.75 Å². The van der Waals surface area contributed by atoms with Crippen LogP contribution < -0.4 is 4.74 Å². The number of aliphatic hydroxyl groups excluding tert-OH is 1. The van der Waals surface area contributed by atoms with Gasteiger partial charge in [0, 0.05) is 0 Å². The van der Waals surface area contributed by atoms with Crippen LogP contribution >= 0.6 is 0 Å². The van der Waals surface area contributed by atoms with Gasteiger partial charge < -0.3 is 14.6 Å². The van der Waals surface area contributed by atoms with E-state index in [1.807, 2.05) is 24.3 Å². The molecule has 150 valence electrons. The lowest BCUT2D eigenvalue weighted by Gasteiger charge is -2.08. The summed E-state index contributed by atoms with van der Waals surface area (Å²) < 4.78 is 10.6. The van der Waals surface area contributed by atoms with E-state index in [-0.39, 0.29) is 13.2 Å². The summed E-state index contributed by atoms with van der Waals surface area (Å²) in [6.07, 6.45) is 2.19. The van der Waals surface area contributed by atoms with Crippen molar-refractivity contribution in [2.45, 2.75) is 19.8 Å². The summed E-state index contributed by atoms with van der Waals surface area (Å²) in [6.45, 7) is 2.73. The first-order chi connectivity index (χ1) is 14.2. The van der Waals surface area contributed by atoms with Crippen molar-refractivity contribution >= 4 is 5.97 Å². The van der Waals surface area contributed by atoms with E-state index in [4.69, 9.17) is 14.6 Å². The fourth-order valence-electron chi connectivity index (χ4n) is 2.95. The topological polar surface area (TPSA) is 55.8 Å². The number of rotatable bonds is 9. The van der Waals surface area contributed by atoms with Crippen molar-refractivity contribution in [1.29, 1.82) is 0 Å². The van der Waals surface area contributed by atoms with Gasteiger partial charge >= 0.3 is 5.97 Å². The molecule has 0 aliphatic carbocycles. The van der Waals surface area contributed by atoms with Gasteiger partial charge in [-0.2, -0.15) is 0 Å². The van der Waals surface area contributed by atoms with Gasteiger partial charge in [-0.05, 0) is 52.9 Å². The van der Waals surface area contributed by atoms with Crippen LogP contribution in [0.1, 0.15) is 30.1 Å². The van der Waals surface area contributed by atoms with E-state index < -0.39 is 5.97 Å². The molecular weight excluding hydrogens is 364 g/mol. The largest absolute Gasteiger partial charge is 0.494 e. The first-order valence-corrected chi connectivity index (χ1v) is 9.93. The van der Waals surface area contributed by atoms with Gasteiger partial charge in [-0.1, -0.05) is 61.9 Å². The van der Waals surface area contributed by atoms with Crippen molar-refractivity contribution in [3.05, 3.63) is 78.4 Å². The molecule has 4 heteroatoms. The van der Waals surface area contributed by atoms with E-state index in [0.717, 1.165) is 47.5 Å². The zero-order valence-electron chi connectivity index (χ0n) is 16.6. The SMILES string of the molecule is CCCCOc1ccc(-c2ccc(-c3ccc(C(=O)OCCO)cc3)cc2)cc1. The number of ether oxygens (including phenoxy) is 2. The molecular formula is C25H26O4. The summed E-state index contributed by atoms with van der Waals surface area (Å²) in [7, 11) is 0. The van der Waals surface area contributed by atoms with Crippen molar-refractivity contribution < 1.29 is 19.4 Å². The average molecular weight is 390 g/mol. The maximum atomic E-state index is 11.8. The van der Waals surface area contributed by atoms with Crippen LogP contribution in [-0.2, 0) is 4.74 Å². The highest BCUT2D eigenvalue weighted by atomic mass is 16.5. The molecule has 0 bridgehead atoms. The normalized spacial score (nSPS) is 10.6. The minimum Gasteiger partial charge on any atom is -0.494 e. The van der Waals surface area contributed by atoms with E-state index in [2.05, 4.69) is 43.3 Å². The van der Waals surface area contributed by atoms with E-state index in [9.17, 15) is 4.79 Å². The Bertz CT molecular complexity index is 897. The molecule has 4 nitrogen and oxygen atoms in total. The van der Waals surface area contributed by atoms with Crippen LogP contribution in [0.3, 0.4) is 0 Å². The predicted octanol–water partition coefficient (Wildman–Crippen LogP) is 5.35. The van der Waals surface area contributed by atoms with Crippen molar-refractivity contribution in [2.75, 3.05) is 19.8 Å². The number of hydrogen-bond acceptors (Lipinski definition) is 4. The summed E-state index contributed by atoms with van der Waals surface area (Å²) in [5, 5.41) is 8.73. The van der Waals surface area contributed by atoms with Crippen molar-refractivity contribution in [3.63, 3.8) is 0 Å². The van der Waals surface area contributed by atoms with Crippen LogP contribution in [0.4, 0.5) is 0 Å². The van der Waals surface area contributed by atoms with Crippen LogP contribution in [-0.4, -0.2) is 30.9 Å². The molecule has 0 heterocycles. The summed E-state index contributed by atoms with van der Waals surface area (Å²) in [4.78, 5) is 11.8. The Balaban J connectivity index is 1.66. The standard InChI is InChI=1S/C25H26O4/c1-2-3-17-28-24-14-12-22(13-15-24)20-6-4-19(5-7-20)21-8-10-23(11-9-21)25(27)29-18-16-26/h4-15,26H,2-3,16-18H2,1H3. The number of benzene rings is 3. The lowest BCUT2D eigenvalue weighted by atomic mass is 9.99. The van der Waals surface area contributed by atoms with Gasteiger partial charge in [-0.3, -0.25) is 0 Å². The number of unbranched alkanes of at least 4 members (excludes halogenated alkanes) is 1. The minimum atomic E-state index is -0.428. The highest BCUT2D eigenvalue weighted by Crippen LogP contribution is 2.26. The molecule has 0 unspecified atom stereocenters. The number of carbonyl (C=O) groups is 1. The number of aliphatic hydroxyl groups is 1. The second kappa shape index (κ2) is 10.4. The van der Waals surface area contributed by atoms with E-state index >= 15 is 0 Å². The summed E-state index contributed by atoms with van der Waals surface area (Å²) in [5.74, 6) is 0.472. The van der Waals surface area contributed by atoms with Crippen molar-refractivity contribution in [1.82, 2.24) is 0 Å². The Morgan fingerprint density at radius 3 is 1.72 bits per heavy atom. The molecule has 0 atom stereocenters. The lowest BCUT2D eigenvalue weighted by Crippen LogP contribution is -2.08. The highest BCUT2D eigenvalue weighted by Gasteiger charge is 2.07. The smallest absolute Gasteiger partial charge is 0.338 e. The molecule has 0 aromatic heterocycles. The summed E-state index contributed by atoms with van der Waals surface area (Å²) in [5.41, 5.74) is 4.85. The third-order valence-electron chi connectivity index (χ3n) is 4.62. The van der Waals surface area contributed by atoms with Gasteiger partial charge in [0.25, 0.3) is 0 Å². The number of carbonyl (C=O) groups excluding carboxylic acids is 1. The molecule has 0 saturated carbocycles. The van der Waals surface area contributed by atoms with E-state index in [1.165, 1.54) is 0 Å². The third-order valence-corrected chi connectivity index (χ3v) is 4.62. The second-order valence-electron chi connectivity index (χ2n) is 6.74. The van der Waals surface area contributed by atoms with Gasteiger partial charge in [0.2, 0.25) is 0 Å². The fourth-order valence-corrected chi connectivity index (χ4v) is 2.95. The summed E-state index contributed by atoms with van der Waals surface area (Å²) in [6, 6.07) is 23.7. The maximum Gasteiger partial charge on any atom is 0.338 e. The second-order valence-corrected chi connectivity index (χ2v) is 6.74. The van der Waals surface area contributed by atoms with Gasteiger partial charge in [-0.15, -0.1) is 0 Å². The van der Waals surface area contributed by atoms with Gasteiger partial charge in [0.05, 0.1) is 18.8 Å².